The summed E-state index contributed by atoms with van der Waals surface area (Å²) in [6.45, 7) is 0. The minimum Gasteiger partial charge on any atom is -0.310 e. The van der Waals surface area contributed by atoms with Gasteiger partial charge in [-0.1, -0.05) is 212 Å². The van der Waals surface area contributed by atoms with Crippen LogP contribution in [0.4, 0.5) is 34.1 Å². The number of hydrogen-bond donors (Lipinski definition) is 0. The highest BCUT2D eigenvalue weighted by molar-refractivity contribution is 6.12. The zero-order chi connectivity index (χ0) is 48.5. The Balaban J connectivity index is 0.968. The van der Waals surface area contributed by atoms with Crippen molar-refractivity contribution in [2.45, 2.75) is 10.8 Å². The molecule has 0 aliphatic heterocycles. The molecule has 2 spiro atoms. The van der Waals surface area contributed by atoms with Crippen LogP contribution in [-0.4, -0.2) is 0 Å². The minimum absolute atomic E-state index is 0.476. The molecule has 1 atom stereocenters. The van der Waals surface area contributed by atoms with Gasteiger partial charge in [-0.15, -0.1) is 0 Å². The Morgan fingerprint density at radius 2 is 0.568 bits per heavy atom. The summed E-state index contributed by atoms with van der Waals surface area (Å²) in [5, 5.41) is 2.45. The molecule has 4 aliphatic rings. The summed E-state index contributed by atoms with van der Waals surface area (Å²) in [5.74, 6) is 0. The largest absolute Gasteiger partial charge is 0.310 e. The van der Waals surface area contributed by atoms with Crippen LogP contribution in [0.1, 0.15) is 44.5 Å². The third-order valence-electron chi connectivity index (χ3n) is 16.8. The highest BCUT2D eigenvalue weighted by Gasteiger charge is 2.54. The van der Waals surface area contributed by atoms with E-state index in [0.717, 1.165) is 34.1 Å². The molecule has 0 radical (unpaired) electrons. The second-order valence-corrected chi connectivity index (χ2v) is 20.2. The van der Waals surface area contributed by atoms with Gasteiger partial charge in [-0.05, 0) is 161 Å². The molecule has 0 saturated heterocycles. The first-order chi connectivity index (χ1) is 36.7. The first-order valence-corrected chi connectivity index (χ1v) is 25.8. The van der Waals surface area contributed by atoms with E-state index < -0.39 is 10.8 Å². The molecule has 0 fully saturated rings. The molecule has 74 heavy (non-hydrogen) atoms. The molecule has 2 nitrogen and oxygen atoms in total. The van der Waals surface area contributed by atoms with Crippen molar-refractivity contribution in [1.29, 1.82) is 0 Å². The fourth-order valence-corrected chi connectivity index (χ4v) is 14.1. The number of nitrogens with zero attached hydrogens (tertiary/aromatic N) is 2. The molecule has 2 heteroatoms. The predicted molar refractivity (Wildman–Crippen MR) is 306 cm³/mol. The molecule has 0 heterocycles. The maximum absolute atomic E-state index is 2.57. The summed E-state index contributed by atoms with van der Waals surface area (Å²) < 4.78 is 0. The van der Waals surface area contributed by atoms with E-state index in [-0.39, 0.29) is 0 Å². The van der Waals surface area contributed by atoms with E-state index in [1.807, 2.05) is 0 Å². The molecule has 0 bridgehead atoms. The Morgan fingerprint density at radius 3 is 1.11 bits per heavy atom. The number of rotatable bonds is 6. The summed E-state index contributed by atoms with van der Waals surface area (Å²) >= 11 is 0. The first kappa shape index (κ1) is 41.2. The molecular weight excluding hydrogens is 893 g/mol. The highest BCUT2D eigenvalue weighted by Crippen LogP contribution is 2.67. The fraction of sp³-hybridized carbons (Fsp3) is 0.0278. The van der Waals surface area contributed by atoms with Gasteiger partial charge < -0.3 is 9.80 Å². The maximum atomic E-state index is 2.57. The van der Waals surface area contributed by atoms with Crippen molar-refractivity contribution < 1.29 is 0 Å². The maximum Gasteiger partial charge on any atom is 0.0726 e. The topological polar surface area (TPSA) is 6.48 Å². The lowest BCUT2D eigenvalue weighted by atomic mass is 9.70. The lowest BCUT2D eigenvalue weighted by Crippen LogP contribution is -2.27. The predicted octanol–water partition coefficient (Wildman–Crippen LogP) is 18.5. The number of anilines is 6. The second kappa shape index (κ2) is 15.5. The van der Waals surface area contributed by atoms with E-state index in [9.17, 15) is 0 Å². The van der Waals surface area contributed by atoms with Gasteiger partial charge in [0.15, 0.2) is 0 Å². The van der Waals surface area contributed by atoms with E-state index in [1.165, 1.54) is 99.8 Å². The molecule has 344 valence electrons. The van der Waals surface area contributed by atoms with Gasteiger partial charge in [0.25, 0.3) is 0 Å². The molecule has 0 aromatic heterocycles. The third kappa shape index (κ3) is 5.33. The average molecular weight is 939 g/mol. The fourth-order valence-electron chi connectivity index (χ4n) is 14.1. The van der Waals surface area contributed by atoms with E-state index in [4.69, 9.17) is 0 Å². The zero-order valence-corrected chi connectivity index (χ0v) is 40.5. The summed E-state index contributed by atoms with van der Waals surface area (Å²) in [5.41, 5.74) is 26.6. The summed E-state index contributed by atoms with van der Waals surface area (Å²) in [6, 6.07) is 105. The van der Waals surface area contributed by atoms with Gasteiger partial charge in [0.2, 0.25) is 0 Å². The molecule has 12 aromatic carbocycles. The molecule has 0 N–H and O–H groups in total. The van der Waals surface area contributed by atoms with Gasteiger partial charge in [0.1, 0.15) is 0 Å². The van der Waals surface area contributed by atoms with Crippen molar-refractivity contribution in [2.75, 3.05) is 9.80 Å². The summed E-state index contributed by atoms with van der Waals surface area (Å²) in [7, 11) is 0. The Bertz CT molecular complexity index is 4170. The number of para-hydroxylation sites is 3. The molecule has 12 aromatic rings. The van der Waals surface area contributed by atoms with Crippen LogP contribution in [0.25, 0.3) is 55.3 Å². The quantitative estimate of drug-likeness (QED) is 0.164. The van der Waals surface area contributed by atoms with Gasteiger partial charge in [0.05, 0.1) is 16.5 Å². The van der Waals surface area contributed by atoms with Crippen LogP contribution in [0.2, 0.25) is 0 Å². The SMILES string of the molecule is c1ccc(N(c2ccccc2)c2ccc3c(c2)-c2ccccc2C32c3ccccc3-c3c2cc(N(c2ccccc2)c2ccc4c(c2)C2(c5ccccc5-c5ccccc52)c2ccccc2-4)c2ccccc32)cc1. The van der Waals surface area contributed by atoms with E-state index in [1.54, 1.807) is 0 Å². The van der Waals surface area contributed by atoms with Crippen LogP contribution in [-0.2, 0) is 10.8 Å². The Hall–Kier alpha value is -9.50. The first-order valence-electron chi connectivity index (χ1n) is 25.8. The monoisotopic (exact) mass is 938 g/mol. The van der Waals surface area contributed by atoms with Crippen LogP contribution in [0.3, 0.4) is 0 Å². The van der Waals surface area contributed by atoms with E-state index >= 15 is 0 Å². The van der Waals surface area contributed by atoms with Crippen molar-refractivity contribution in [3.63, 3.8) is 0 Å². The number of fused-ring (bicyclic) bond motifs is 22. The van der Waals surface area contributed by atoms with Gasteiger partial charge in [-0.25, -0.2) is 0 Å². The van der Waals surface area contributed by atoms with Crippen LogP contribution >= 0.6 is 0 Å². The standard InChI is InChI=1S/C72H46N2/c1-4-22-47(23-5-1)73(48-24-6-2-7-25-48)50-41-43-66-60(44-50)55-31-15-20-38-64(55)72(66)65-39-21-16-34-59(65)70-58-33-11-10-32-57(58)69(46-68(70)72)74(49-26-8-3-9-27-49)51-40-42-56-54-30-14-19-37-63(54)71(67(56)45-51)61-35-17-12-28-52(61)53-29-13-18-36-62(53)71/h1-46H. The highest BCUT2D eigenvalue weighted by atomic mass is 15.1. The van der Waals surface area contributed by atoms with Crippen LogP contribution in [0.5, 0.6) is 0 Å². The molecule has 0 saturated carbocycles. The van der Waals surface area contributed by atoms with Gasteiger partial charge in [0, 0.05) is 33.8 Å². The van der Waals surface area contributed by atoms with Crippen LogP contribution in [0.15, 0.2) is 279 Å². The normalized spacial score (nSPS) is 15.2. The molecule has 0 amide bonds. The molecule has 16 rings (SSSR count). The second-order valence-electron chi connectivity index (χ2n) is 20.2. The van der Waals surface area contributed by atoms with E-state index in [0.29, 0.717) is 0 Å². The Kier molecular flexibility index (Phi) is 8.62. The van der Waals surface area contributed by atoms with Crippen molar-refractivity contribution in [1.82, 2.24) is 0 Å². The number of benzene rings is 12. The van der Waals surface area contributed by atoms with Crippen molar-refractivity contribution in [3.05, 3.63) is 324 Å². The lowest BCUT2D eigenvalue weighted by Gasteiger charge is -2.34. The van der Waals surface area contributed by atoms with Gasteiger partial charge in [-0.2, -0.15) is 0 Å². The Morgan fingerprint density at radius 1 is 0.203 bits per heavy atom. The van der Waals surface area contributed by atoms with Gasteiger partial charge in [-0.3, -0.25) is 0 Å². The van der Waals surface area contributed by atoms with Crippen molar-refractivity contribution in [3.8, 4) is 44.5 Å². The smallest absolute Gasteiger partial charge is 0.0726 e. The molecule has 4 aliphatic carbocycles. The zero-order valence-electron chi connectivity index (χ0n) is 40.5. The average Bonchev–Trinajstić information content (AvgIpc) is 4.15. The molecular formula is C72H46N2. The summed E-state index contributed by atoms with van der Waals surface area (Å²) in [4.78, 5) is 4.93. The van der Waals surface area contributed by atoms with Crippen molar-refractivity contribution >= 4 is 44.9 Å². The lowest BCUT2D eigenvalue weighted by molar-refractivity contribution is 0.793. The third-order valence-corrected chi connectivity index (χ3v) is 16.8. The number of hydrogen-bond acceptors (Lipinski definition) is 2. The van der Waals surface area contributed by atoms with E-state index in [2.05, 4.69) is 289 Å². The van der Waals surface area contributed by atoms with Crippen LogP contribution in [0, 0.1) is 0 Å². The van der Waals surface area contributed by atoms with Gasteiger partial charge >= 0.3 is 0 Å². The Labute approximate surface area is 431 Å². The minimum atomic E-state index is -0.594. The molecule has 1 unspecified atom stereocenters. The van der Waals surface area contributed by atoms with Crippen LogP contribution < -0.4 is 9.80 Å². The summed E-state index contributed by atoms with van der Waals surface area (Å²) in [6.07, 6.45) is 0. The van der Waals surface area contributed by atoms with Crippen molar-refractivity contribution in [2.24, 2.45) is 0 Å².